The summed E-state index contributed by atoms with van der Waals surface area (Å²) in [5, 5.41) is 3.34. The molecule has 27 heavy (non-hydrogen) atoms. The highest BCUT2D eigenvalue weighted by Crippen LogP contribution is 2.18. The van der Waals surface area contributed by atoms with Gasteiger partial charge in [0.25, 0.3) is 5.56 Å². The Morgan fingerprint density at radius 3 is 2.59 bits per heavy atom. The van der Waals surface area contributed by atoms with Gasteiger partial charge < -0.3 is 14.3 Å². The summed E-state index contributed by atoms with van der Waals surface area (Å²) in [4.78, 5) is 25.1. The van der Waals surface area contributed by atoms with Gasteiger partial charge in [-0.05, 0) is 54.6 Å². The number of anilines is 1. The first-order valence-corrected chi connectivity index (χ1v) is 8.75. The Labute approximate surface area is 158 Å². The van der Waals surface area contributed by atoms with Crippen molar-refractivity contribution in [3.63, 3.8) is 0 Å². The summed E-state index contributed by atoms with van der Waals surface area (Å²) in [6, 6.07) is 14.5. The number of hydrogen-bond donors (Lipinski definition) is 1. The van der Waals surface area contributed by atoms with Crippen LogP contribution in [0.2, 0.25) is 5.02 Å². The summed E-state index contributed by atoms with van der Waals surface area (Å²) in [6.07, 6.45) is 1.83. The van der Waals surface area contributed by atoms with E-state index in [-0.39, 0.29) is 24.4 Å². The Morgan fingerprint density at radius 2 is 1.81 bits per heavy atom. The van der Waals surface area contributed by atoms with E-state index < -0.39 is 5.82 Å². The van der Waals surface area contributed by atoms with Crippen molar-refractivity contribution in [1.82, 2.24) is 8.97 Å². The number of fused-ring (bicyclic) bond motifs is 3. The molecule has 1 amide bonds. The highest BCUT2D eigenvalue weighted by Gasteiger charge is 2.12. The van der Waals surface area contributed by atoms with Gasteiger partial charge in [-0.25, -0.2) is 4.39 Å². The standard InChI is InChI=1S/C20H15ClFN3O2/c21-13-3-6-15(7-4-13)23-19(26)9-11-25-18-12-14(22)5-8-16(18)24-10-1-2-17(24)20(25)27/h1-8,10,12H,9,11H2,(H,23,26). The predicted molar refractivity (Wildman–Crippen MR) is 104 cm³/mol. The van der Waals surface area contributed by atoms with E-state index in [4.69, 9.17) is 11.6 Å². The number of benzene rings is 2. The fourth-order valence-electron chi connectivity index (χ4n) is 3.12. The van der Waals surface area contributed by atoms with Crippen LogP contribution < -0.4 is 10.9 Å². The Kier molecular flexibility index (Phi) is 4.41. The lowest BCUT2D eigenvalue weighted by atomic mass is 10.2. The van der Waals surface area contributed by atoms with Crippen LogP contribution >= 0.6 is 11.6 Å². The maximum absolute atomic E-state index is 13.8. The van der Waals surface area contributed by atoms with Crippen molar-refractivity contribution in [3.05, 3.63) is 82.0 Å². The number of carbonyl (C=O) groups excluding carboxylic acids is 1. The molecular weight excluding hydrogens is 369 g/mol. The summed E-state index contributed by atoms with van der Waals surface area (Å²) in [5.74, 6) is -0.684. The van der Waals surface area contributed by atoms with Crippen molar-refractivity contribution >= 4 is 39.7 Å². The maximum atomic E-state index is 13.8. The maximum Gasteiger partial charge on any atom is 0.275 e. The van der Waals surface area contributed by atoms with E-state index in [0.29, 0.717) is 27.3 Å². The summed E-state index contributed by atoms with van der Waals surface area (Å²) < 4.78 is 16.9. The largest absolute Gasteiger partial charge is 0.326 e. The third-order valence-corrected chi connectivity index (χ3v) is 4.64. The summed E-state index contributed by atoms with van der Waals surface area (Å²) in [5.41, 5.74) is 1.98. The van der Waals surface area contributed by atoms with Crippen LogP contribution in [-0.2, 0) is 11.3 Å². The van der Waals surface area contributed by atoms with E-state index in [1.165, 1.54) is 16.7 Å². The third-order valence-electron chi connectivity index (χ3n) is 4.39. The molecule has 0 saturated heterocycles. The molecule has 7 heteroatoms. The van der Waals surface area contributed by atoms with Crippen LogP contribution in [0.5, 0.6) is 0 Å². The van der Waals surface area contributed by atoms with Gasteiger partial charge in [-0.15, -0.1) is 0 Å². The quantitative estimate of drug-likeness (QED) is 0.577. The molecule has 1 N–H and O–H groups in total. The molecule has 0 spiro atoms. The van der Waals surface area contributed by atoms with E-state index in [1.807, 2.05) is 0 Å². The van der Waals surface area contributed by atoms with Crippen molar-refractivity contribution in [1.29, 1.82) is 0 Å². The molecule has 2 aromatic heterocycles. The zero-order valence-electron chi connectivity index (χ0n) is 14.2. The molecule has 0 unspecified atom stereocenters. The summed E-state index contributed by atoms with van der Waals surface area (Å²) in [7, 11) is 0. The monoisotopic (exact) mass is 383 g/mol. The number of amides is 1. The van der Waals surface area contributed by atoms with Gasteiger partial charge in [-0.2, -0.15) is 0 Å². The molecule has 2 heterocycles. The lowest BCUT2D eigenvalue weighted by Gasteiger charge is -2.13. The number of rotatable bonds is 4. The van der Waals surface area contributed by atoms with Crippen LogP contribution in [0.25, 0.3) is 16.6 Å². The predicted octanol–water partition coefficient (Wildman–Crippen LogP) is 4.08. The van der Waals surface area contributed by atoms with Crippen molar-refractivity contribution in [2.24, 2.45) is 0 Å². The van der Waals surface area contributed by atoms with E-state index >= 15 is 0 Å². The van der Waals surface area contributed by atoms with E-state index in [0.717, 1.165) is 0 Å². The molecule has 0 radical (unpaired) electrons. The van der Waals surface area contributed by atoms with Gasteiger partial charge in [0.1, 0.15) is 11.3 Å². The van der Waals surface area contributed by atoms with Gasteiger partial charge in [-0.3, -0.25) is 9.59 Å². The average molecular weight is 384 g/mol. The van der Waals surface area contributed by atoms with Gasteiger partial charge in [-0.1, -0.05) is 11.6 Å². The van der Waals surface area contributed by atoms with E-state index in [9.17, 15) is 14.0 Å². The highest BCUT2D eigenvalue weighted by atomic mass is 35.5. The second-order valence-electron chi connectivity index (χ2n) is 6.16. The lowest BCUT2D eigenvalue weighted by molar-refractivity contribution is -0.116. The molecule has 0 atom stereocenters. The Morgan fingerprint density at radius 1 is 1.04 bits per heavy atom. The molecule has 4 rings (SSSR count). The fourth-order valence-corrected chi connectivity index (χ4v) is 3.25. The van der Waals surface area contributed by atoms with Gasteiger partial charge in [0.15, 0.2) is 0 Å². The van der Waals surface area contributed by atoms with Crippen molar-refractivity contribution in [2.45, 2.75) is 13.0 Å². The Balaban J connectivity index is 1.65. The molecule has 0 aliphatic rings. The first-order valence-electron chi connectivity index (χ1n) is 8.37. The smallest absolute Gasteiger partial charge is 0.275 e. The second-order valence-corrected chi connectivity index (χ2v) is 6.59. The summed E-state index contributed by atoms with van der Waals surface area (Å²) >= 11 is 5.83. The highest BCUT2D eigenvalue weighted by molar-refractivity contribution is 6.30. The van der Waals surface area contributed by atoms with Gasteiger partial charge in [0.05, 0.1) is 11.0 Å². The molecular formula is C20H15ClFN3O2. The Bertz CT molecular complexity index is 1210. The first-order chi connectivity index (χ1) is 13.0. The number of carbonyl (C=O) groups is 1. The normalized spacial score (nSPS) is 11.2. The molecule has 0 fully saturated rings. The number of hydrogen-bond acceptors (Lipinski definition) is 2. The van der Waals surface area contributed by atoms with Crippen LogP contribution in [0, 0.1) is 5.82 Å². The number of nitrogens with zero attached hydrogens (tertiary/aromatic N) is 2. The molecule has 4 aromatic rings. The fraction of sp³-hybridized carbons (Fsp3) is 0.100. The van der Waals surface area contributed by atoms with E-state index in [2.05, 4.69) is 5.32 Å². The lowest BCUT2D eigenvalue weighted by Crippen LogP contribution is -2.25. The first kappa shape index (κ1) is 17.3. The van der Waals surface area contributed by atoms with Gasteiger partial charge in [0.2, 0.25) is 5.91 Å². The zero-order chi connectivity index (χ0) is 19.0. The topological polar surface area (TPSA) is 55.5 Å². The molecule has 2 aromatic carbocycles. The van der Waals surface area contributed by atoms with Crippen molar-refractivity contribution < 1.29 is 9.18 Å². The minimum absolute atomic E-state index is 0.0744. The van der Waals surface area contributed by atoms with Gasteiger partial charge in [0, 0.05) is 29.9 Å². The molecule has 0 aliphatic carbocycles. The van der Waals surface area contributed by atoms with Crippen LogP contribution in [0.4, 0.5) is 10.1 Å². The third kappa shape index (κ3) is 3.31. The number of aryl methyl sites for hydroxylation is 1. The van der Waals surface area contributed by atoms with Gasteiger partial charge >= 0.3 is 0 Å². The molecule has 0 aliphatic heterocycles. The molecule has 136 valence electrons. The number of aromatic nitrogens is 2. The molecule has 0 bridgehead atoms. The minimum atomic E-state index is -0.437. The van der Waals surface area contributed by atoms with Crippen molar-refractivity contribution in [3.8, 4) is 0 Å². The van der Waals surface area contributed by atoms with Crippen molar-refractivity contribution in [2.75, 3.05) is 5.32 Å². The average Bonchev–Trinajstić information content (AvgIpc) is 3.13. The Hall–Kier alpha value is -3.12. The zero-order valence-corrected chi connectivity index (χ0v) is 14.9. The number of nitrogens with one attached hydrogen (secondary N) is 1. The second kappa shape index (κ2) is 6.89. The van der Waals surface area contributed by atoms with Crippen LogP contribution in [-0.4, -0.2) is 14.9 Å². The minimum Gasteiger partial charge on any atom is -0.326 e. The van der Waals surface area contributed by atoms with E-state index in [1.54, 1.807) is 53.1 Å². The molecule has 0 saturated carbocycles. The SMILES string of the molecule is O=C(CCn1c(=O)c2cccn2c2ccc(F)cc21)Nc1ccc(Cl)cc1. The van der Waals surface area contributed by atoms with Crippen LogP contribution in [0.3, 0.4) is 0 Å². The number of halogens is 2. The van der Waals surface area contributed by atoms with Crippen LogP contribution in [0.15, 0.2) is 65.6 Å². The molecule has 5 nitrogen and oxygen atoms in total. The summed E-state index contributed by atoms with van der Waals surface area (Å²) in [6.45, 7) is 0.139. The van der Waals surface area contributed by atoms with Crippen LogP contribution in [0.1, 0.15) is 6.42 Å².